The number of hydrogen-bond acceptors (Lipinski definition) is 4. The van der Waals surface area contributed by atoms with Crippen LogP contribution in [0.2, 0.25) is 0 Å². The second-order valence-corrected chi connectivity index (χ2v) is 14.0. The van der Waals surface area contributed by atoms with Crippen LogP contribution in [-0.2, 0) is 0 Å². The minimum absolute atomic E-state index is 0.249. The normalized spacial score (nSPS) is 14.3. The quantitative estimate of drug-likeness (QED) is 0.144. The van der Waals surface area contributed by atoms with Gasteiger partial charge in [-0.05, 0) is 0 Å². The Balaban J connectivity index is 1.42. The Bertz CT molecular complexity index is 1450. The Morgan fingerprint density at radius 2 is 1.81 bits per heavy atom. The molecule has 3 aromatic carbocycles. The SMILES string of the molecule is CCI1C(=Nc2cc(-c3ccccc3)ccc2C)Nc2cc(Oc3ccnc(C(=O)NC)c3)ccc21. The number of nitrogens with zero attached hydrogens (tertiary/aromatic N) is 2. The predicted molar refractivity (Wildman–Crippen MR) is 155 cm³/mol. The van der Waals surface area contributed by atoms with Crippen LogP contribution in [0.25, 0.3) is 11.1 Å². The van der Waals surface area contributed by atoms with Gasteiger partial charge < -0.3 is 0 Å². The summed E-state index contributed by atoms with van der Waals surface area (Å²) in [5.41, 5.74) is 5.87. The molecule has 0 saturated carbocycles. The van der Waals surface area contributed by atoms with E-state index in [2.05, 4.69) is 78.0 Å². The van der Waals surface area contributed by atoms with Crippen LogP contribution in [0.5, 0.6) is 11.5 Å². The molecule has 0 aliphatic carbocycles. The third-order valence-electron chi connectivity index (χ3n) is 5.87. The van der Waals surface area contributed by atoms with E-state index >= 15 is 0 Å². The van der Waals surface area contributed by atoms with E-state index in [1.165, 1.54) is 9.13 Å². The second-order valence-electron chi connectivity index (χ2n) is 8.22. The van der Waals surface area contributed by atoms with Crippen molar-refractivity contribution in [3.05, 3.63) is 99.9 Å². The molecule has 1 aliphatic heterocycles. The van der Waals surface area contributed by atoms with Crippen molar-refractivity contribution in [3.63, 3.8) is 0 Å². The number of pyridine rings is 1. The maximum absolute atomic E-state index is 11.9. The van der Waals surface area contributed by atoms with Gasteiger partial charge in [0.1, 0.15) is 0 Å². The molecule has 1 aromatic heterocycles. The molecule has 7 heteroatoms. The molecule has 6 nitrogen and oxygen atoms in total. The number of halogens is 1. The van der Waals surface area contributed by atoms with Crippen LogP contribution in [0.15, 0.2) is 90.1 Å². The number of aryl methyl sites for hydroxylation is 1. The molecule has 5 rings (SSSR count). The average molecular weight is 590 g/mol. The van der Waals surface area contributed by atoms with E-state index in [9.17, 15) is 4.79 Å². The van der Waals surface area contributed by atoms with Gasteiger partial charge >= 0.3 is 219 Å². The van der Waals surface area contributed by atoms with Crippen molar-refractivity contribution < 1.29 is 9.53 Å². The van der Waals surface area contributed by atoms with Gasteiger partial charge in [-0.1, -0.05) is 0 Å². The molecule has 4 aromatic rings. The summed E-state index contributed by atoms with van der Waals surface area (Å²) in [5, 5.41) is 6.18. The fourth-order valence-corrected chi connectivity index (χ4v) is 8.85. The van der Waals surface area contributed by atoms with Crippen LogP contribution in [-0.4, -0.2) is 26.2 Å². The molecule has 0 saturated heterocycles. The number of alkyl halides is 1. The molecule has 2 N–H and O–H groups in total. The Kier molecular flexibility index (Phi) is 6.99. The molecule has 1 amide bonds. The van der Waals surface area contributed by atoms with Gasteiger partial charge in [0, 0.05) is 0 Å². The fourth-order valence-electron chi connectivity index (χ4n) is 3.99. The number of carbonyl (C=O) groups is 1. The van der Waals surface area contributed by atoms with Crippen molar-refractivity contribution in [2.45, 2.75) is 13.8 Å². The first-order valence-corrected chi connectivity index (χ1v) is 15.4. The number of aromatic nitrogens is 1. The standard InChI is InChI=1S/C29H27IN4O2/c1-4-30-24-13-12-22(36-23-14-15-32-27(18-23)28(35)31-3)17-26(24)34-29(30)33-25-16-21(11-10-19(25)2)20-8-6-5-7-9-20/h5-18H,4H2,1-3H3,(H,31,35)(H,33,34). The molecule has 0 bridgehead atoms. The van der Waals surface area contributed by atoms with Gasteiger partial charge in [0.25, 0.3) is 0 Å². The van der Waals surface area contributed by atoms with E-state index in [-0.39, 0.29) is 5.91 Å². The number of ether oxygens (including phenoxy) is 1. The molecule has 36 heavy (non-hydrogen) atoms. The number of nitrogens with one attached hydrogen (secondary N) is 2. The summed E-state index contributed by atoms with van der Waals surface area (Å²) in [5.74, 6) is 1.02. The van der Waals surface area contributed by atoms with Crippen molar-refractivity contribution >= 4 is 40.9 Å². The number of amides is 1. The van der Waals surface area contributed by atoms with E-state index < -0.39 is 19.8 Å². The van der Waals surface area contributed by atoms with Crippen molar-refractivity contribution in [2.24, 2.45) is 4.99 Å². The molecule has 1 aliphatic rings. The Morgan fingerprint density at radius 3 is 2.58 bits per heavy atom. The van der Waals surface area contributed by atoms with Crippen LogP contribution >= 0.6 is 19.8 Å². The van der Waals surface area contributed by atoms with Crippen LogP contribution in [0.4, 0.5) is 11.4 Å². The Hall–Kier alpha value is -3.72. The van der Waals surface area contributed by atoms with Crippen LogP contribution in [0.1, 0.15) is 23.0 Å². The summed E-state index contributed by atoms with van der Waals surface area (Å²) in [7, 11) is 1.58. The van der Waals surface area contributed by atoms with E-state index in [0.29, 0.717) is 17.2 Å². The monoisotopic (exact) mass is 590 g/mol. The van der Waals surface area contributed by atoms with Gasteiger partial charge in [0.05, 0.1) is 0 Å². The summed E-state index contributed by atoms with van der Waals surface area (Å²) in [6.45, 7) is 4.35. The molecule has 2 heterocycles. The minimum atomic E-state index is -1.67. The Labute approximate surface area is 218 Å². The number of anilines is 1. The van der Waals surface area contributed by atoms with Gasteiger partial charge in [0.15, 0.2) is 0 Å². The molecule has 182 valence electrons. The molecular formula is C29H27IN4O2. The first kappa shape index (κ1) is 24.0. The summed E-state index contributed by atoms with van der Waals surface area (Å²) < 4.78 is 9.59. The maximum atomic E-state index is 11.9. The van der Waals surface area contributed by atoms with Gasteiger partial charge in [0.2, 0.25) is 0 Å². The second kappa shape index (κ2) is 10.5. The summed E-state index contributed by atoms with van der Waals surface area (Å²) in [6.07, 6.45) is 1.57. The van der Waals surface area contributed by atoms with Crippen molar-refractivity contribution in [3.8, 4) is 22.6 Å². The van der Waals surface area contributed by atoms with Crippen LogP contribution in [0.3, 0.4) is 0 Å². The number of rotatable bonds is 6. The zero-order valence-electron chi connectivity index (χ0n) is 20.4. The summed E-state index contributed by atoms with van der Waals surface area (Å²) in [4.78, 5) is 21.2. The molecule has 0 radical (unpaired) electrons. The number of amidine groups is 1. The fraction of sp³-hybridized carbons (Fsp3) is 0.138. The number of benzene rings is 3. The third kappa shape index (κ3) is 4.97. The van der Waals surface area contributed by atoms with Crippen LogP contribution in [0, 0.1) is 10.5 Å². The topological polar surface area (TPSA) is 75.6 Å². The van der Waals surface area contributed by atoms with E-state index in [1.807, 2.05) is 18.2 Å². The third-order valence-corrected chi connectivity index (χ3v) is 11.5. The molecule has 0 unspecified atom stereocenters. The zero-order valence-corrected chi connectivity index (χ0v) is 22.5. The summed E-state index contributed by atoms with van der Waals surface area (Å²) in [6, 6.07) is 26.4. The molecular weight excluding hydrogens is 563 g/mol. The van der Waals surface area contributed by atoms with Crippen molar-refractivity contribution in [1.29, 1.82) is 0 Å². The Morgan fingerprint density at radius 1 is 1.00 bits per heavy atom. The van der Waals surface area contributed by atoms with Gasteiger partial charge in [-0.25, -0.2) is 0 Å². The predicted octanol–water partition coefficient (Wildman–Crippen LogP) is 7.02. The van der Waals surface area contributed by atoms with Crippen molar-refractivity contribution in [1.82, 2.24) is 10.3 Å². The van der Waals surface area contributed by atoms with Gasteiger partial charge in [-0.15, -0.1) is 0 Å². The molecule has 0 spiro atoms. The van der Waals surface area contributed by atoms with E-state index in [1.54, 1.807) is 25.4 Å². The number of carbonyl (C=O) groups excluding carboxylic acids is 1. The first-order chi connectivity index (χ1) is 17.6. The molecule has 0 fully saturated rings. The van der Waals surface area contributed by atoms with Crippen LogP contribution < -0.4 is 15.4 Å². The number of hydrogen-bond donors (Lipinski definition) is 2. The van der Waals surface area contributed by atoms with Crippen molar-refractivity contribution in [2.75, 3.05) is 16.8 Å². The van der Waals surface area contributed by atoms with Gasteiger partial charge in [-0.2, -0.15) is 0 Å². The number of fused-ring (bicyclic) bond motifs is 1. The van der Waals surface area contributed by atoms with E-state index in [0.717, 1.165) is 30.8 Å². The first-order valence-electron chi connectivity index (χ1n) is 11.7. The zero-order chi connectivity index (χ0) is 25.1. The average Bonchev–Trinajstić information content (AvgIpc) is 3.26. The molecule has 0 atom stereocenters. The van der Waals surface area contributed by atoms with E-state index in [4.69, 9.17) is 9.73 Å². The van der Waals surface area contributed by atoms with Gasteiger partial charge in [-0.3, -0.25) is 0 Å². The number of aliphatic imine (C=N–C) groups is 1. The summed E-state index contributed by atoms with van der Waals surface area (Å²) >= 11 is -1.67.